The van der Waals surface area contributed by atoms with Crippen molar-refractivity contribution in [3.05, 3.63) is 12.2 Å². The van der Waals surface area contributed by atoms with Gasteiger partial charge in [0.2, 0.25) is 0 Å². The van der Waals surface area contributed by atoms with Gasteiger partial charge in [-0.05, 0) is 117 Å². The van der Waals surface area contributed by atoms with Crippen LogP contribution in [0, 0.1) is 56.7 Å². The maximum atomic E-state index is 13.4. The number of ether oxygens (including phenoxy) is 2. The van der Waals surface area contributed by atoms with Crippen LogP contribution in [0.15, 0.2) is 12.2 Å². The number of carboxylic acid groups (broad SMARTS) is 1. The van der Waals surface area contributed by atoms with Crippen LogP contribution < -0.4 is 0 Å². The first-order valence-corrected chi connectivity index (χ1v) is 18.4. The zero-order valence-corrected chi connectivity index (χ0v) is 30.2. The maximum absolute atomic E-state index is 13.4. The first-order chi connectivity index (χ1) is 22.4. The predicted octanol–water partition coefficient (Wildman–Crippen LogP) is 4.94. The maximum Gasteiger partial charge on any atom is 0.323 e. The highest BCUT2D eigenvalue weighted by Gasteiger charge is 2.72. The van der Waals surface area contributed by atoms with Crippen LogP contribution in [0.25, 0.3) is 0 Å². The van der Waals surface area contributed by atoms with E-state index >= 15 is 0 Å². The topological polar surface area (TPSA) is 146 Å². The van der Waals surface area contributed by atoms with Gasteiger partial charge in [-0.2, -0.15) is 0 Å². The van der Waals surface area contributed by atoms with E-state index in [-0.39, 0.29) is 52.8 Å². The Bertz CT molecular complexity index is 1290. The summed E-state index contributed by atoms with van der Waals surface area (Å²) in [5.41, 5.74) is 0.458. The number of fused-ring (bicyclic) bond motifs is 7. The number of aliphatic carboxylic acids is 1. The van der Waals surface area contributed by atoms with E-state index in [4.69, 9.17) is 14.3 Å². The Morgan fingerprint density at radius 1 is 0.875 bits per heavy atom. The fraction of sp³-hybridized carbons (Fsp3) is 0.895. The minimum absolute atomic E-state index is 0.0536. The molecule has 1 heterocycles. The number of hydrogen-bond acceptors (Lipinski definition) is 9. The lowest BCUT2D eigenvalue weighted by Crippen LogP contribution is -2.67. The van der Waals surface area contributed by atoms with E-state index in [2.05, 4.69) is 48.1 Å². The summed E-state index contributed by atoms with van der Waals surface area (Å²) in [4.78, 5) is 31.7. The Morgan fingerprint density at radius 3 is 2.23 bits per heavy atom. The van der Waals surface area contributed by atoms with E-state index in [0.717, 1.165) is 69.8 Å². The number of hydroxylamine groups is 2. The molecule has 0 aromatic carbocycles. The van der Waals surface area contributed by atoms with Crippen LogP contribution >= 0.6 is 0 Å². The fourth-order valence-corrected chi connectivity index (χ4v) is 13.3. The number of carbonyl (C=O) groups is 2. The van der Waals surface area contributed by atoms with Crippen LogP contribution in [-0.4, -0.2) is 88.3 Å². The molecule has 0 bridgehead atoms. The molecular formula is C38H61NO9. The molecule has 1 aliphatic heterocycles. The minimum atomic E-state index is -1.45. The van der Waals surface area contributed by atoms with Crippen LogP contribution in [0.3, 0.4) is 0 Å². The normalized spacial score (nSPS) is 49.6. The summed E-state index contributed by atoms with van der Waals surface area (Å²) in [6, 6.07) is 0. The summed E-state index contributed by atoms with van der Waals surface area (Å²) in [5, 5.41) is 42.3. The van der Waals surface area contributed by atoms with E-state index in [0.29, 0.717) is 17.8 Å². The predicted molar refractivity (Wildman–Crippen MR) is 178 cm³/mol. The summed E-state index contributed by atoms with van der Waals surface area (Å²) in [6.45, 7) is 18.0. The lowest BCUT2D eigenvalue weighted by atomic mass is 9.32. The van der Waals surface area contributed by atoms with Crippen molar-refractivity contribution in [1.82, 2.24) is 5.06 Å². The van der Waals surface area contributed by atoms with E-state index < -0.39 is 41.9 Å². The van der Waals surface area contributed by atoms with Crippen LogP contribution in [0.4, 0.5) is 0 Å². The zero-order chi connectivity index (χ0) is 35.2. The molecule has 4 N–H and O–H groups in total. The van der Waals surface area contributed by atoms with Crippen molar-refractivity contribution in [3.63, 3.8) is 0 Å². The van der Waals surface area contributed by atoms with Gasteiger partial charge in [-0.3, -0.25) is 14.4 Å². The second kappa shape index (κ2) is 12.3. The molecule has 1 saturated heterocycles. The molecule has 0 aromatic heterocycles. The van der Waals surface area contributed by atoms with Crippen molar-refractivity contribution in [2.45, 2.75) is 136 Å². The summed E-state index contributed by atoms with van der Waals surface area (Å²) in [6.07, 6.45) is 3.94. The molecule has 14 atom stereocenters. The van der Waals surface area contributed by atoms with E-state index in [9.17, 15) is 30.0 Å². The van der Waals surface area contributed by atoms with Crippen LogP contribution in [-0.2, 0) is 23.9 Å². The van der Waals surface area contributed by atoms with Gasteiger partial charge in [-0.1, -0.05) is 46.8 Å². The number of rotatable bonds is 7. The Balaban J connectivity index is 1.20. The van der Waals surface area contributed by atoms with Crippen molar-refractivity contribution in [2.24, 2.45) is 56.7 Å². The molecule has 6 rings (SSSR count). The molecule has 5 aliphatic carbocycles. The summed E-state index contributed by atoms with van der Waals surface area (Å²) >= 11 is 0. The smallest absolute Gasteiger partial charge is 0.323 e. The molecular weight excluding hydrogens is 614 g/mol. The summed E-state index contributed by atoms with van der Waals surface area (Å²) < 4.78 is 11.7. The zero-order valence-electron chi connectivity index (χ0n) is 30.2. The van der Waals surface area contributed by atoms with Gasteiger partial charge in [-0.15, -0.1) is 5.06 Å². The van der Waals surface area contributed by atoms with Gasteiger partial charge in [0.1, 0.15) is 31.0 Å². The molecule has 6 fully saturated rings. The van der Waals surface area contributed by atoms with Crippen molar-refractivity contribution in [1.29, 1.82) is 0 Å². The lowest BCUT2D eigenvalue weighted by molar-refractivity contribution is -0.305. The van der Waals surface area contributed by atoms with Crippen LogP contribution in [0.2, 0.25) is 0 Å². The summed E-state index contributed by atoms with van der Waals surface area (Å²) in [5.74, 6) is 0.572. The van der Waals surface area contributed by atoms with Crippen molar-refractivity contribution < 1.29 is 44.3 Å². The van der Waals surface area contributed by atoms with E-state index in [1.54, 1.807) is 0 Å². The summed E-state index contributed by atoms with van der Waals surface area (Å²) in [7, 11) is 1.37. The molecule has 10 nitrogen and oxygen atoms in total. The van der Waals surface area contributed by atoms with E-state index in [1.165, 1.54) is 12.2 Å². The monoisotopic (exact) mass is 675 g/mol. The third-order valence-corrected chi connectivity index (χ3v) is 16.0. The van der Waals surface area contributed by atoms with Gasteiger partial charge in [0, 0.05) is 5.41 Å². The number of esters is 1. The largest absolute Gasteiger partial charge is 0.481 e. The number of carbonyl (C=O) groups excluding carboxylic acids is 1. The standard InChI is InChI=1S/C38H61NO9/c1-21(2)22-11-16-38(33(44)45)18-17-36(6)23(29(22)38)9-10-26-35(5)14-13-27(34(3,4)25(35)12-15-37(26,36)7)48-28(41)19-39(46-8)32-31(43)30(42)24(40)20-47-32/h22-27,29-32,40,42-43H,1,9-20H2,2-8H3,(H,44,45)/t22-,23+,24-,25-,26+,27-,29+,30-,31-,32?,35-,36+,37+,38-/m0/s1. The van der Waals surface area contributed by atoms with Gasteiger partial charge >= 0.3 is 11.9 Å². The molecule has 0 aromatic rings. The third kappa shape index (κ3) is 5.08. The van der Waals surface area contributed by atoms with E-state index in [1.807, 2.05) is 0 Å². The van der Waals surface area contributed by atoms with Gasteiger partial charge in [0.15, 0.2) is 6.23 Å². The highest BCUT2D eigenvalue weighted by Crippen LogP contribution is 2.77. The molecule has 0 radical (unpaired) electrons. The minimum Gasteiger partial charge on any atom is -0.481 e. The van der Waals surface area contributed by atoms with Gasteiger partial charge < -0.3 is 29.9 Å². The Hall–Kier alpha value is -1.56. The molecule has 10 heteroatoms. The van der Waals surface area contributed by atoms with Crippen LogP contribution in [0.5, 0.6) is 0 Å². The number of aliphatic hydroxyl groups is 3. The molecule has 272 valence electrons. The SMILES string of the molecule is C=C(C)[C@@H]1CC[C@]2(C(=O)O)CC[C@]3(C)[C@H](CC[C@@H]4[C@@]5(C)CC[C@H](OC(=O)CN(OC)C6OC[C@H](O)[C@H](O)[C@@H]6O)C(C)(C)[C@@H]5CC[C@]43C)[C@@H]12. The Morgan fingerprint density at radius 2 is 1.58 bits per heavy atom. The lowest BCUT2D eigenvalue weighted by Gasteiger charge is -2.72. The van der Waals surface area contributed by atoms with Gasteiger partial charge in [-0.25, -0.2) is 0 Å². The third-order valence-electron chi connectivity index (χ3n) is 16.0. The quantitative estimate of drug-likeness (QED) is 0.166. The van der Waals surface area contributed by atoms with Crippen molar-refractivity contribution in [3.8, 4) is 0 Å². The molecule has 5 saturated carbocycles. The molecule has 6 aliphatic rings. The first-order valence-electron chi connectivity index (χ1n) is 18.4. The average Bonchev–Trinajstić information content (AvgIpc) is 3.42. The van der Waals surface area contributed by atoms with Crippen molar-refractivity contribution in [2.75, 3.05) is 20.3 Å². The van der Waals surface area contributed by atoms with Gasteiger partial charge in [0.25, 0.3) is 0 Å². The second-order valence-corrected chi connectivity index (χ2v) is 18.0. The fourth-order valence-electron chi connectivity index (χ4n) is 13.3. The first kappa shape index (κ1) is 36.2. The number of nitrogens with zero attached hydrogens (tertiary/aromatic N) is 1. The number of carboxylic acids is 1. The average molecular weight is 676 g/mol. The second-order valence-electron chi connectivity index (χ2n) is 18.0. The van der Waals surface area contributed by atoms with Gasteiger partial charge in [0.05, 0.1) is 19.1 Å². The Labute approximate surface area is 286 Å². The number of hydrogen-bond donors (Lipinski definition) is 4. The highest BCUT2D eigenvalue weighted by atomic mass is 16.7. The number of allylic oxidation sites excluding steroid dienone is 1. The highest BCUT2D eigenvalue weighted by molar-refractivity contribution is 5.76. The Kier molecular flexibility index (Phi) is 9.28. The number of aliphatic hydroxyl groups excluding tert-OH is 3. The molecule has 48 heavy (non-hydrogen) atoms. The van der Waals surface area contributed by atoms with Crippen LogP contribution in [0.1, 0.15) is 106 Å². The molecule has 0 spiro atoms. The van der Waals surface area contributed by atoms with Crippen molar-refractivity contribution >= 4 is 11.9 Å². The molecule has 0 amide bonds. The molecule has 1 unspecified atom stereocenters.